The molecule has 0 aromatic heterocycles. The first kappa shape index (κ1) is 33.6. The van der Waals surface area contributed by atoms with Crippen molar-refractivity contribution in [3.8, 4) is 5.75 Å². The van der Waals surface area contributed by atoms with E-state index in [1.54, 1.807) is 21.9 Å². The number of urea groups is 1. The Balaban J connectivity index is 1.08. The van der Waals surface area contributed by atoms with E-state index >= 15 is 0 Å². The summed E-state index contributed by atoms with van der Waals surface area (Å²) in [4.78, 5) is 59.7. The summed E-state index contributed by atoms with van der Waals surface area (Å²) < 4.78 is 5.95. The maximum absolute atomic E-state index is 13.9. The summed E-state index contributed by atoms with van der Waals surface area (Å²) in [6.07, 6.45) is 4.12. The SMILES string of the molecule is [B]c1cc(C[C@@H](OC(=O)N2CCC(N3CCc4ccccc4NC3=O)CC2)C(=O)N2CCC(N3CCCCC3C(=O)O)CC2)ccc1O. The number of rotatable bonds is 7. The predicted molar refractivity (Wildman–Crippen MR) is 180 cm³/mol. The Hall–Kier alpha value is -4.26. The first-order valence-electron chi connectivity index (χ1n) is 17.1. The number of nitrogens with zero attached hydrogens (tertiary/aromatic N) is 4. The average molecular weight is 658 g/mol. The molecule has 0 aliphatic carbocycles. The molecule has 3 fully saturated rings. The van der Waals surface area contributed by atoms with E-state index in [1.807, 2.05) is 29.2 Å². The molecule has 1 unspecified atom stereocenters. The van der Waals surface area contributed by atoms with Crippen LogP contribution in [0.4, 0.5) is 15.3 Å². The van der Waals surface area contributed by atoms with Gasteiger partial charge in [-0.25, -0.2) is 9.59 Å². The number of carboxylic acid groups (broad SMARTS) is 1. The number of hydrogen-bond acceptors (Lipinski definition) is 7. The minimum Gasteiger partial charge on any atom is -0.509 e. The van der Waals surface area contributed by atoms with E-state index in [2.05, 4.69) is 10.2 Å². The zero-order valence-corrected chi connectivity index (χ0v) is 27.3. The molecule has 254 valence electrons. The molecule has 2 radical (unpaired) electrons. The van der Waals surface area contributed by atoms with Crippen molar-refractivity contribution in [3.63, 3.8) is 0 Å². The van der Waals surface area contributed by atoms with Crippen LogP contribution in [0.15, 0.2) is 42.5 Å². The molecule has 13 heteroatoms. The summed E-state index contributed by atoms with van der Waals surface area (Å²) in [5, 5.41) is 22.7. The maximum Gasteiger partial charge on any atom is 0.410 e. The molecule has 0 spiro atoms. The lowest BCUT2D eigenvalue weighted by atomic mass is 9.91. The molecule has 2 atom stereocenters. The number of piperidine rings is 3. The van der Waals surface area contributed by atoms with Gasteiger partial charge in [-0.2, -0.15) is 0 Å². The maximum atomic E-state index is 13.9. The van der Waals surface area contributed by atoms with Crippen molar-refractivity contribution in [2.75, 3.05) is 44.6 Å². The van der Waals surface area contributed by atoms with Gasteiger partial charge in [-0.1, -0.05) is 42.2 Å². The van der Waals surface area contributed by atoms with Crippen molar-refractivity contribution >= 4 is 43.0 Å². The molecule has 2 aromatic rings. The number of nitrogens with one attached hydrogen (secondary N) is 1. The first-order chi connectivity index (χ1) is 23.2. The van der Waals surface area contributed by atoms with Gasteiger partial charge in [-0.15, -0.1) is 0 Å². The van der Waals surface area contributed by atoms with Crippen molar-refractivity contribution in [1.82, 2.24) is 19.6 Å². The molecule has 4 aliphatic heterocycles. The number of hydrogen-bond donors (Lipinski definition) is 3. The van der Waals surface area contributed by atoms with Crippen LogP contribution >= 0.6 is 0 Å². The number of phenols is 1. The Morgan fingerprint density at radius 1 is 0.896 bits per heavy atom. The number of amides is 4. The van der Waals surface area contributed by atoms with Gasteiger partial charge in [0.2, 0.25) is 0 Å². The Morgan fingerprint density at radius 2 is 1.60 bits per heavy atom. The van der Waals surface area contributed by atoms with E-state index in [0.717, 1.165) is 37.1 Å². The lowest BCUT2D eigenvalue weighted by Gasteiger charge is -2.43. The fourth-order valence-corrected chi connectivity index (χ4v) is 7.70. The van der Waals surface area contributed by atoms with Crippen molar-refractivity contribution < 1.29 is 34.1 Å². The molecule has 6 rings (SSSR count). The predicted octanol–water partition coefficient (Wildman–Crippen LogP) is 2.72. The molecule has 4 aliphatic rings. The molecule has 3 saturated heterocycles. The molecular weight excluding hydrogens is 613 g/mol. The van der Waals surface area contributed by atoms with E-state index in [4.69, 9.17) is 12.6 Å². The van der Waals surface area contributed by atoms with E-state index in [-0.39, 0.29) is 41.7 Å². The molecular formula is C35H44BN5O7. The van der Waals surface area contributed by atoms with Gasteiger partial charge in [0.25, 0.3) is 5.91 Å². The van der Waals surface area contributed by atoms with Crippen LogP contribution < -0.4 is 10.8 Å². The number of phenolic OH excluding ortho intramolecular Hbond substituents is 1. The van der Waals surface area contributed by atoms with Gasteiger partial charge in [0.1, 0.15) is 19.6 Å². The third kappa shape index (κ3) is 7.56. The summed E-state index contributed by atoms with van der Waals surface area (Å²) in [7, 11) is 5.93. The third-order valence-electron chi connectivity index (χ3n) is 10.4. The number of anilines is 1. The van der Waals surface area contributed by atoms with Crippen LogP contribution in [0.1, 0.15) is 56.1 Å². The number of fused-ring (bicyclic) bond motifs is 1. The highest BCUT2D eigenvalue weighted by atomic mass is 16.6. The minimum atomic E-state index is -1.10. The van der Waals surface area contributed by atoms with Crippen molar-refractivity contribution in [2.24, 2.45) is 0 Å². The van der Waals surface area contributed by atoms with E-state index in [0.29, 0.717) is 70.4 Å². The fourth-order valence-electron chi connectivity index (χ4n) is 7.70. The summed E-state index contributed by atoms with van der Waals surface area (Å²) in [6, 6.07) is 11.9. The minimum absolute atomic E-state index is 0.0253. The smallest absolute Gasteiger partial charge is 0.410 e. The van der Waals surface area contributed by atoms with Crippen LogP contribution in [0.2, 0.25) is 0 Å². The van der Waals surface area contributed by atoms with Gasteiger partial charge in [-0.05, 0) is 74.8 Å². The highest BCUT2D eigenvalue weighted by Crippen LogP contribution is 2.28. The number of ether oxygens (including phenoxy) is 1. The van der Waals surface area contributed by atoms with Crippen molar-refractivity contribution in [2.45, 2.75) is 82.0 Å². The largest absolute Gasteiger partial charge is 0.509 e. The summed E-state index contributed by atoms with van der Waals surface area (Å²) in [5.41, 5.74) is 2.75. The monoisotopic (exact) mass is 657 g/mol. The van der Waals surface area contributed by atoms with E-state index in [9.17, 15) is 29.4 Å². The Bertz CT molecular complexity index is 1510. The molecule has 4 heterocycles. The summed E-state index contributed by atoms with van der Waals surface area (Å²) in [5.74, 6) is -1.17. The molecule has 12 nitrogen and oxygen atoms in total. The van der Waals surface area contributed by atoms with Gasteiger partial charge in [0.15, 0.2) is 6.10 Å². The summed E-state index contributed by atoms with van der Waals surface area (Å²) >= 11 is 0. The topological polar surface area (TPSA) is 143 Å². The second-order valence-corrected chi connectivity index (χ2v) is 13.4. The lowest BCUT2D eigenvalue weighted by molar-refractivity contribution is -0.148. The zero-order valence-electron chi connectivity index (χ0n) is 27.3. The highest BCUT2D eigenvalue weighted by Gasteiger charge is 2.38. The molecule has 4 amide bonds. The Morgan fingerprint density at radius 3 is 2.33 bits per heavy atom. The molecule has 2 aromatic carbocycles. The Kier molecular flexibility index (Phi) is 10.4. The molecule has 48 heavy (non-hydrogen) atoms. The molecule has 0 bridgehead atoms. The number of aromatic hydroxyl groups is 1. The van der Waals surface area contributed by atoms with E-state index < -0.39 is 24.2 Å². The number of carbonyl (C=O) groups excluding carboxylic acids is 3. The normalized spacial score (nSPS) is 22.0. The number of carboxylic acids is 1. The number of aliphatic carboxylic acids is 1. The second kappa shape index (κ2) is 14.9. The zero-order chi connectivity index (χ0) is 33.8. The average Bonchev–Trinajstić information content (AvgIpc) is 3.27. The van der Waals surface area contributed by atoms with Crippen LogP contribution in [0.5, 0.6) is 5.75 Å². The van der Waals surface area contributed by atoms with Crippen LogP contribution in [0.25, 0.3) is 0 Å². The van der Waals surface area contributed by atoms with Crippen LogP contribution in [-0.2, 0) is 27.2 Å². The number of carbonyl (C=O) groups is 4. The van der Waals surface area contributed by atoms with Gasteiger partial charge >= 0.3 is 18.1 Å². The second-order valence-electron chi connectivity index (χ2n) is 13.4. The number of likely N-dealkylation sites (tertiary alicyclic amines) is 3. The molecule has 3 N–H and O–H groups in total. The third-order valence-corrected chi connectivity index (χ3v) is 10.4. The summed E-state index contributed by atoms with van der Waals surface area (Å²) in [6.45, 7) is 2.98. The molecule has 0 saturated carbocycles. The fraction of sp³-hybridized carbons (Fsp3) is 0.543. The first-order valence-corrected chi connectivity index (χ1v) is 17.1. The highest BCUT2D eigenvalue weighted by molar-refractivity contribution is 6.34. The van der Waals surface area contributed by atoms with Gasteiger partial charge < -0.3 is 35.0 Å². The van der Waals surface area contributed by atoms with E-state index in [1.165, 1.54) is 6.07 Å². The van der Waals surface area contributed by atoms with Crippen molar-refractivity contribution in [1.29, 1.82) is 0 Å². The number of benzene rings is 2. The quantitative estimate of drug-likeness (QED) is 0.386. The van der Waals surface area contributed by atoms with Gasteiger partial charge in [-0.3, -0.25) is 14.5 Å². The van der Waals surface area contributed by atoms with Gasteiger partial charge in [0.05, 0.1) is 0 Å². The Labute approximate surface area is 282 Å². The lowest BCUT2D eigenvalue weighted by Crippen LogP contribution is -2.55. The van der Waals surface area contributed by atoms with Crippen LogP contribution in [-0.4, -0.2) is 125 Å². The number of para-hydroxylation sites is 1. The van der Waals surface area contributed by atoms with Crippen molar-refractivity contribution in [3.05, 3.63) is 53.6 Å². The van der Waals surface area contributed by atoms with Crippen LogP contribution in [0.3, 0.4) is 0 Å². The van der Waals surface area contributed by atoms with Gasteiger partial charge in [0, 0.05) is 56.9 Å². The van der Waals surface area contributed by atoms with Crippen LogP contribution in [0, 0.1) is 0 Å². The standard InChI is InChI=1S/C35H44BN5O7/c36-27-21-23(8-9-30(27)42)22-31(32(43)38-16-11-25(12-17-38)40-15-4-3-7-29(40)33(44)45)48-35(47)39-18-13-26(14-19-39)41-20-10-24-5-1-2-6-28(24)37-34(41)46/h1-2,5-6,8-9,21,25-26,29,31,42H,3-4,7,10-20,22H2,(H,37,46)(H,44,45)/t29?,31-/m1/s1.